The summed E-state index contributed by atoms with van der Waals surface area (Å²) in [6.07, 6.45) is 2.35. The Bertz CT molecular complexity index is 21.5. The van der Waals surface area contributed by atoms with Gasteiger partial charge in [0.2, 0.25) is 0 Å². The fourth-order valence-electron chi connectivity index (χ4n) is 0. The van der Waals surface area contributed by atoms with Crippen molar-refractivity contribution in [2.75, 3.05) is 0 Å². The molecule has 0 fully saturated rings. The molecule has 0 aromatic heterocycles. The third kappa shape index (κ3) is 55.0. The zero-order chi connectivity index (χ0) is 3.41. The van der Waals surface area contributed by atoms with Gasteiger partial charge in [-0.3, -0.25) is 6.58 Å². The van der Waals surface area contributed by atoms with Gasteiger partial charge in [0.05, 0.1) is 0 Å². The number of rotatable bonds is 0. The summed E-state index contributed by atoms with van der Waals surface area (Å²) in [5, 5.41) is 0. The van der Waals surface area contributed by atoms with Gasteiger partial charge in [-0.05, 0) is 1.37 Å². The van der Waals surface area contributed by atoms with Crippen molar-refractivity contribution in [3.63, 3.8) is 0 Å². The van der Waals surface area contributed by atoms with Crippen molar-refractivity contribution in [1.82, 2.24) is 0 Å². The Morgan fingerprint density at radius 3 is 2.20 bits per heavy atom. The van der Waals surface area contributed by atoms with E-state index in [0.717, 1.165) is 0 Å². The van der Waals surface area contributed by atoms with E-state index in [4.69, 9.17) is 1.37 Å². The van der Waals surface area contributed by atoms with Crippen LogP contribution in [-0.4, -0.2) is 0 Å². The van der Waals surface area contributed by atoms with E-state index in [0.29, 0.717) is 0 Å². The average Bonchev–Trinajstić information content (AvgIpc) is 1.37. The van der Waals surface area contributed by atoms with Gasteiger partial charge in [-0.1, -0.05) is 0 Å². The molecule has 0 atom stereocenters. The van der Waals surface area contributed by atoms with Crippen LogP contribution in [0.5, 0.6) is 0 Å². The van der Waals surface area contributed by atoms with Crippen LogP contribution in [0.15, 0.2) is 6.58 Å². The van der Waals surface area contributed by atoms with E-state index in [1.165, 1.54) is 0 Å². The molecule has 0 N–H and O–H groups in total. The first-order valence-electron chi connectivity index (χ1n) is 1.41. The third-order valence-electron chi connectivity index (χ3n) is 0. The molecule has 0 bridgehead atoms. The Kier molecular flexibility index (Phi) is 39.1. The Hall–Kier alpha value is 0.844. The van der Waals surface area contributed by atoms with Crippen LogP contribution in [0.1, 0.15) is 8.27 Å². The van der Waals surface area contributed by atoms with E-state index >= 15 is 0 Å². The maximum absolute atomic E-state index is 6.28. The molecule has 1 radical (unpaired) electrons. The minimum absolute atomic E-state index is 0. The molecule has 0 rings (SSSR count). The molecule has 0 saturated heterocycles. The van der Waals surface area contributed by atoms with Gasteiger partial charge in [0.15, 0.2) is 0 Å². The molecule has 29 valence electrons. The summed E-state index contributed by atoms with van der Waals surface area (Å²) in [6, 6.07) is 0. The van der Waals surface area contributed by atoms with Crippen molar-refractivity contribution in [2.45, 2.75) is 6.90 Å². The molecule has 0 spiro atoms. The van der Waals surface area contributed by atoms with Crippen molar-refractivity contribution in [2.24, 2.45) is 0 Å². The van der Waals surface area contributed by atoms with Crippen LogP contribution in [0.2, 0.25) is 0 Å². The normalized spacial score (nSPS) is 5.20. The molecule has 0 aliphatic heterocycles. The fourth-order valence-corrected chi connectivity index (χ4v) is 0. The van der Waals surface area contributed by atoms with E-state index in [9.17, 15) is 0 Å². The van der Waals surface area contributed by atoms with Crippen LogP contribution in [0.25, 0.3) is 0 Å². The van der Waals surface area contributed by atoms with Crippen LogP contribution >= 0.6 is 0 Å². The van der Waals surface area contributed by atoms with Gasteiger partial charge in [-0.25, -0.2) is 0 Å². The van der Waals surface area contributed by atoms with Crippen LogP contribution in [0.3, 0.4) is 0 Å². The molecule has 0 aliphatic rings. The van der Waals surface area contributed by atoms with Crippen molar-refractivity contribution in [3.05, 3.63) is 20.1 Å². The molecule has 0 unspecified atom stereocenters. The van der Waals surface area contributed by atoms with E-state index in [-0.39, 0.29) is 47.0 Å². The second-order valence-electron chi connectivity index (χ2n) is 0.250. The fraction of sp³-hybridized carbons (Fsp3) is 0.250. The Balaban J connectivity index is -0.0000000450. The van der Waals surface area contributed by atoms with Crippen molar-refractivity contribution in [1.29, 1.82) is 0 Å². The predicted octanol–water partition coefficient (Wildman–Crippen LogP) is 1.44. The maximum atomic E-state index is 6.28. The largest absolute Gasteiger partial charge is 0.507 e. The molecule has 0 aromatic rings. The van der Waals surface area contributed by atoms with Gasteiger partial charge in [-0.15, -0.1) is 0 Å². The second kappa shape index (κ2) is 21.1. The van der Waals surface area contributed by atoms with Gasteiger partial charge >= 0.3 is 0 Å². The summed E-state index contributed by atoms with van der Waals surface area (Å²) >= 11 is 0. The minimum atomic E-state index is 0. The van der Waals surface area contributed by atoms with Crippen LogP contribution in [-0.2, 0) is 32.7 Å². The van der Waals surface area contributed by atoms with Gasteiger partial charge in [0.1, 0.15) is 0 Å². The molecule has 0 amide bonds. The topological polar surface area (TPSA) is 0 Å². The third-order valence-corrected chi connectivity index (χ3v) is 0. The molecular formula is C4H8Y-2. The minimum Gasteiger partial charge on any atom is -0.507 e. The summed E-state index contributed by atoms with van der Waals surface area (Å²) in [6.45, 7) is 3.38. The smallest absolute Gasteiger partial charge is 0 e. The molecular weight excluding hydrogens is 137 g/mol. The SMILES string of the molecule is [2H]C[C-]=C.[CH3-].[Y]. The Morgan fingerprint density at radius 2 is 2.20 bits per heavy atom. The van der Waals surface area contributed by atoms with Crippen LogP contribution < -0.4 is 0 Å². The monoisotopic (exact) mass is 146 g/mol. The maximum Gasteiger partial charge on any atom is 0 e. The van der Waals surface area contributed by atoms with Gasteiger partial charge < -0.3 is 13.5 Å². The van der Waals surface area contributed by atoms with Crippen molar-refractivity contribution < 1.29 is 34.1 Å². The summed E-state index contributed by atoms with van der Waals surface area (Å²) < 4.78 is 6.28. The zero-order valence-corrected chi connectivity index (χ0v) is 6.33. The van der Waals surface area contributed by atoms with Crippen LogP contribution in [0.4, 0.5) is 0 Å². The molecule has 0 nitrogen and oxygen atoms in total. The van der Waals surface area contributed by atoms with E-state index in [1.54, 1.807) is 0 Å². The standard InChI is InChI=1S/C3H5.CH3.Y/c1-3-2;;/h1H2,2H3;1H3;/q2*-1;/i2D;;. The van der Waals surface area contributed by atoms with Gasteiger partial charge in [0, 0.05) is 32.7 Å². The Labute approximate surface area is 60.9 Å². The average molecular weight is 146 g/mol. The van der Waals surface area contributed by atoms with E-state index in [1.807, 2.05) is 0 Å². The molecule has 0 aromatic carbocycles. The number of allylic oxidation sites excluding steroid dienone is 1. The zero-order valence-electron chi connectivity index (χ0n) is 4.49. The van der Waals surface area contributed by atoms with E-state index in [2.05, 4.69) is 12.7 Å². The quantitative estimate of drug-likeness (QED) is 0.453. The summed E-state index contributed by atoms with van der Waals surface area (Å²) in [5.74, 6) is 0. The first kappa shape index (κ1) is 9.28. The number of hydrogen-bond acceptors (Lipinski definition) is 0. The van der Waals surface area contributed by atoms with Gasteiger partial charge in [0.25, 0.3) is 0 Å². The summed E-state index contributed by atoms with van der Waals surface area (Å²) in [7, 11) is 0. The van der Waals surface area contributed by atoms with E-state index < -0.39 is 0 Å². The molecule has 0 heterocycles. The summed E-state index contributed by atoms with van der Waals surface area (Å²) in [5.41, 5.74) is 0. The first-order chi connectivity index (χ1) is 1.91. The first-order valence-corrected chi connectivity index (χ1v) is 0.707. The molecule has 0 saturated carbocycles. The second-order valence-corrected chi connectivity index (χ2v) is 0.250. The molecule has 1 heteroatoms. The summed E-state index contributed by atoms with van der Waals surface area (Å²) in [4.78, 5) is 0. The molecule has 5 heavy (non-hydrogen) atoms. The number of hydrogen-bond donors (Lipinski definition) is 0. The molecule has 0 aliphatic carbocycles. The predicted molar refractivity (Wildman–Crippen MR) is 21.0 cm³/mol. The Morgan fingerprint density at radius 1 is 2.00 bits per heavy atom. The van der Waals surface area contributed by atoms with Crippen LogP contribution in [0, 0.1) is 13.5 Å². The van der Waals surface area contributed by atoms with Crippen molar-refractivity contribution in [3.8, 4) is 0 Å². The van der Waals surface area contributed by atoms with Gasteiger partial charge in [-0.2, -0.15) is 6.90 Å². The van der Waals surface area contributed by atoms with Crippen molar-refractivity contribution >= 4 is 0 Å².